The number of amides is 2. The molecule has 5 nitrogen and oxygen atoms in total. The first-order valence-corrected chi connectivity index (χ1v) is 12.6. The molecule has 1 aliphatic heterocycles. The second-order valence-corrected chi connectivity index (χ2v) is 10.7. The smallest absolute Gasteiger partial charge is 0.275 e. The van der Waals surface area contributed by atoms with Crippen molar-refractivity contribution in [2.45, 2.75) is 77.4 Å². The quantitative estimate of drug-likeness (QED) is 0.531. The van der Waals surface area contributed by atoms with E-state index in [1.807, 2.05) is 55.0 Å². The first kappa shape index (κ1) is 21.3. The fraction of sp³-hybridized carbons (Fsp3) is 0.462. The van der Waals surface area contributed by atoms with Crippen molar-refractivity contribution in [3.05, 3.63) is 52.5 Å². The highest BCUT2D eigenvalue weighted by molar-refractivity contribution is 7.17. The Balaban J connectivity index is 1.60. The Kier molecular flexibility index (Phi) is 5.36. The molecule has 3 aromatic rings. The van der Waals surface area contributed by atoms with Gasteiger partial charge in [0.1, 0.15) is 11.2 Å². The SMILES string of the molecule is Cc1cc(C)cc(N2C(=O)c3cc4sccc4n3C[C@]2(C)C(=O)NC2CCCCCC2)c1. The fourth-order valence-electron chi connectivity index (χ4n) is 5.46. The minimum Gasteiger partial charge on any atom is -0.351 e. The number of thiophene rings is 1. The van der Waals surface area contributed by atoms with E-state index in [9.17, 15) is 9.59 Å². The van der Waals surface area contributed by atoms with Crippen molar-refractivity contribution in [2.24, 2.45) is 0 Å². The Hall–Kier alpha value is -2.60. The molecule has 0 unspecified atom stereocenters. The van der Waals surface area contributed by atoms with Crippen molar-refractivity contribution in [3.63, 3.8) is 0 Å². The summed E-state index contributed by atoms with van der Waals surface area (Å²) in [5.41, 5.74) is 3.65. The van der Waals surface area contributed by atoms with Gasteiger partial charge >= 0.3 is 0 Å². The molecule has 6 heteroatoms. The molecule has 0 spiro atoms. The standard InChI is InChI=1S/C26H31N3O2S/c1-17-12-18(2)14-20(13-17)29-24(30)22-15-23-21(10-11-32-23)28(22)16-26(29,3)25(31)27-19-8-6-4-5-7-9-19/h10-15,19H,4-9,16H2,1-3H3,(H,27,31)/t26-/m1/s1. The summed E-state index contributed by atoms with van der Waals surface area (Å²) >= 11 is 1.63. The fourth-order valence-corrected chi connectivity index (χ4v) is 6.28. The van der Waals surface area contributed by atoms with Crippen LogP contribution in [0.4, 0.5) is 5.69 Å². The maximum atomic E-state index is 13.9. The lowest BCUT2D eigenvalue weighted by atomic mass is 9.92. The van der Waals surface area contributed by atoms with Crippen LogP contribution < -0.4 is 10.2 Å². The molecule has 32 heavy (non-hydrogen) atoms. The van der Waals surface area contributed by atoms with Crippen molar-refractivity contribution in [3.8, 4) is 0 Å². The molecule has 2 aromatic heterocycles. The number of nitrogens with zero attached hydrogens (tertiary/aromatic N) is 2. The van der Waals surface area contributed by atoms with Gasteiger partial charge < -0.3 is 9.88 Å². The Morgan fingerprint density at radius 3 is 2.44 bits per heavy atom. The van der Waals surface area contributed by atoms with Gasteiger partial charge in [0.15, 0.2) is 0 Å². The lowest BCUT2D eigenvalue weighted by Gasteiger charge is -2.44. The minimum absolute atomic E-state index is 0.0559. The summed E-state index contributed by atoms with van der Waals surface area (Å²) in [6, 6.07) is 10.3. The molecule has 1 aromatic carbocycles. The monoisotopic (exact) mass is 449 g/mol. The molecule has 1 aliphatic carbocycles. The maximum Gasteiger partial charge on any atom is 0.275 e. The highest BCUT2D eigenvalue weighted by Crippen LogP contribution is 2.38. The molecule has 2 aliphatic rings. The van der Waals surface area contributed by atoms with Crippen molar-refractivity contribution >= 4 is 39.1 Å². The highest BCUT2D eigenvalue weighted by atomic mass is 32.1. The van der Waals surface area contributed by atoms with E-state index in [1.54, 1.807) is 16.2 Å². The Morgan fingerprint density at radius 2 is 1.75 bits per heavy atom. The van der Waals surface area contributed by atoms with E-state index in [-0.39, 0.29) is 17.9 Å². The molecule has 0 saturated heterocycles. The van der Waals surface area contributed by atoms with Gasteiger partial charge in [0.2, 0.25) is 5.91 Å². The van der Waals surface area contributed by atoms with Crippen LogP contribution in [0.2, 0.25) is 0 Å². The third-order valence-electron chi connectivity index (χ3n) is 7.05. The van der Waals surface area contributed by atoms with E-state index in [1.165, 1.54) is 12.8 Å². The molecule has 1 saturated carbocycles. The molecule has 1 fully saturated rings. The molecule has 0 radical (unpaired) electrons. The van der Waals surface area contributed by atoms with Gasteiger partial charge in [-0.2, -0.15) is 0 Å². The number of anilines is 1. The topological polar surface area (TPSA) is 54.3 Å². The number of hydrogen-bond donors (Lipinski definition) is 1. The Morgan fingerprint density at radius 1 is 1.06 bits per heavy atom. The van der Waals surface area contributed by atoms with Crippen LogP contribution in [0.5, 0.6) is 0 Å². The number of rotatable bonds is 3. The predicted octanol–water partition coefficient (Wildman–Crippen LogP) is 5.58. The summed E-state index contributed by atoms with van der Waals surface area (Å²) in [6.07, 6.45) is 6.81. The van der Waals surface area contributed by atoms with Gasteiger partial charge in [0.05, 0.1) is 16.8 Å². The third-order valence-corrected chi connectivity index (χ3v) is 7.90. The van der Waals surface area contributed by atoms with E-state index < -0.39 is 5.54 Å². The second kappa shape index (κ2) is 8.07. The Labute approximate surface area is 193 Å². The first-order valence-electron chi connectivity index (χ1n) is 11.7. The molecular weight excluding hydrogens is 418 g/mol. The van der Waals surface area contributed by atoms with Crippen LogP contribution >= 0.6 is 11.3 Å². The van der Waals surface area contributed by atoms with Crippen molar-refractivity contribution in [2.75, 3.05) is 4.90 Å². The van der Waals surface area contributed by atoms with E-state index in [4.69, 9.17) is 0 Å². The average Bonchev–Trinajstić information content (AvgIpc) is 3.22. The second-order valence-electron chi connectivity index (χ2n) is 9.71. The molecule has 3 heterocycles. The van der Waals surface area contributed by atoms with Crippen LogP contribution in [-0.2, 0) is 11.3 Å². The number of hydrogen-bond acceptors (Lipinski definition) is 3. The zero-order valence-corrected chi connectivity index (χ0v) is 19.9. The van der Waals surface area contributed by atoms with Crippen molar-refractivity contribution in [1.82, 2.24) is 9.88 Å². The third kappa shape index (κ3) is 3.54. The van der Waals surface area contributed by atoms with Crippen LogP contribution in [0, 0.1) is 13.8 Å². The van der Waals surface area contributed by atoms with Crippen molar-refractivity contribution < 1.29 is 9.59 Å². The van der Waals surface area contributed by atoms with Gasteiger partial charge in [-0.1, -0.05) is 31.7 Å². The minimum atomic E-state index is -1.01. The van der Waals surface area contributed by atoms with Crippen LogP contribution in [-0.4, -0.2) is 28.0 Å². The summed E-state index contributed by atoms with van der Waals surface area (Å²) in [6.45, 7) is 6.44. The number of aryl methyl sites for hydroxylation is 2. The lowest BCUT2D eigenvalue weighted by molar-refractivity contribution is -0.127. The summed E-state index contributed by atoms with van der Waals surface area (Å²) in [4.78, 5) is 29.5. The molecule has 0 bridgehead atoms. The maximum absolute atomic E-state index is 13.9. The summed E-state index contributed by atoms with van der Waals surface area (Å²) in [5.74, 6) is -0.164. The van der Waals surface area contributed by atoms with E-state index in [0.29, 0.717) is 12.2 Å². The molecule has 1 atom stereocenters. The zero-order chi connectivity index (χ0) is 22.5. The zero-order valence-electron chi connectivity index (χ0n) is 19.1. The lowest BCUT2D eigenvalue weighted by Crippen LogP contribution is -2.65. The summed E-state index contributed by atoms with van der Waals surface area (Å²) in [5, 5.41) is 5.38. The van der Waals surface area contributed by atoms with Gasteiger partial charge in [-0.3, -0.25) is 14.5 Å². The van der Waals surface area contributed by atoms with Gasteiger partial charge in [-0.25, -0.2) is 0 Å². The molecular formula is C26H31N3O2S. The van der Waals surface area contributed by atoms with Gasteiger partial charge in [-0.05, 0) is 74.4 Å². The van der Waals surface area contributed by atoms with Crippen LogP contribution in [0.15, 0.2) is 35.7 Å². The first-order chi connectivity index (χ1) is 15.4. The number of benzene rings is 1. The molecule has 1 N–H and O–H groups in total. The van der Waals surface area contributed by atoms with Gasteiger partial charge in [0, 0.05) is 11.7 Å². The van der Waals surface area contributed by atoms with Gasteiger partial charge in [0.25, 0.3) is 5.91 Å². The Bertz CT molecular complexity index is 1160. The number of aromatic nitrogens is 1. The van der Waals surface area contributed by atoms with Gasteiger partial charge in [-0.15, -0.1) is 11.3 Å². The highest BCUT2D eigenvalue weighted by Gasteiger charge is 2.49. The van der Waals surface area contributed by atoms with E-state index >= 15 is 0 Å². The molecule has 2 amide bonds. The largest absolute Gasteiger partial charge is 0.351 e. The van der Waals surface area contributed by atoms with E-state index in [0.717, 1.165) is 52.7 Å². The molecule has 5 rings (SSSR count). The van der Waals surface area contributed by atoms with Crippen LogP contribution in [0.3, 0.4) is 0 Å². The van der Waals surface area contributed by atoms with Crippen LogP contribution in [0.1, 0.15) is 67.1 Å². The number of carbonyl (C=O) groups is 2. The summed E-state index contributed by atoms with van der Waals surface area (Å²) < 4.78 is 3.13. The molecule has 168 valence electrons. The number of carbonyl (C=O) groups excluding carboxylic acids is 2. The predicted molar refractivity (Wildman–Crippen MR) is 131 cm³/mol. The number of nitrogens with one attached hydrogen (secondary N) is 1. The number of fused-ring (bicyclic) bond motifs is 3. The summed E-state index contributed by atoms with van der Waals surface area (Å²) in [7, 11) is 0. The van der Waals surface area contributed by atoms with Crippen molar-refractivity contribution in [1.29, 1.82) is 0 Å². The normalized spacial score (nSPS) is 22.1. The van der Waals surface area contributed by atoms with Crippen LogP contribution in [0.25, 0.3) is 10.2 Å². The van der Waals surface area contributed by atoms with E-state index in [2.05, 4.69) is 11.4 Å². The average molecular weight is 450 g/mol.